The predicted molar refractivity (Wildman–Crippen MR) is 86.9 cm³/mol. The Labute approximate surface area is 126 Å². The van der Waals surface area contributed by atoms with Crippen molar-refractivity contribution in [2.24, 2.45) is 0 Å². The number of benzene rings is 1. The topological polar surface area (TPSA) is 29.0 Å². The lowest BCUT2D eigenvalue weighted by Crippen LogP contribution is -2.12. The predicted octanol–water partition coefficient (Wildman–Crippen LogP) is 4.39. The van der Waals surface area contributed by atoms with Crippen LogP contribution in [0.3, 0.4) is 0 Å². The van der Waals surface area contributed by atoms with Crippen molar-refractivity contribution in [3.05, 3.63) is 40.4 Å². The fourth-order valence-corrected chi connectivity index (χ4v) is 3.30. The first-order valence-electron chi connectivity index (χ1n) is 6.25. The van der Waals surface area contributed by atoms with Gasteiger partial charge in [0.1, 0.15) is 9.98 Å². The first kappa shape index (κ1) is 13.3. The second-order valence-electron chi connectivity index (χ2n) is 4.90. The third kappa shape index (κ3) is 2.25. The van der Waals surface area contributed by atoms with Gasteiger partial charge in [0.15, 0.2) is 0 Å². The molecule has 2 aromatic heterocycles. The van der Waals surface area contributed by atoms with E-state index in [1.165, 1.54) is 5.56 Å². The van der Waals surface area contributed by atoms with Crippen LogP contribution in [0.25, 0.3) is 21.3 Å². The minimum atomic E-state index is 0.510. The van der Waals surface area contributed by atoms with Crippen molar-refractivity contribution < 1.29 is 0 Å². The molecule has 0 aliphatic rings. The first-order valence-corrected chi connectivity index (χ1v) is 7.51. The van der Waals surface area contributed by atoms with Gasteiger partial charge in [-0.1, -0.05) is 41.4 Å². The van der Waals surface area contributed by atoms with Crippen molar-refractivity contribution in [2.45, 2.75) is 6.92 Å². The molecule has 3 aromatic rings. The second kappa shape index (κ2) is 5.04. The van der Waals surface area contributed by atoms with Crippen LogP contribution >= 0.6 is 22.9 Å². The minimum absolute atomic E-state index is 0.510. The Bertz CT molecular complexity index is 763. The fraction of sp³-hybridized carbons (Fsp3) is 0.200. The Morgan fingerprint density at radius 1 is 1.10 bits per heavy atom. The molecule has 3 nitrogen and oxygen atoms in total. The Balaban J connectivity index is 2.21. The van der Waals surface area contributed by atoms with E-state index in [2.05, 4.69) is 46.5 Å². The average molecular weight is 304 g/mol. The van der Waals surface area contributed by atoms with Crippen LogP contribution in [0.4, 0.5) is 5.95 Å². The minimum Gasteiger partial charge on any atom is -0.347 e. The first-order chi connectivity index (χ1) is 9.56. The maximum Gasteiger partial charge on any atom is 0.227 e. The Kier molecular flexibility index (Phi) is 3.36. The molecule has 2 heterocycles. The van der Waals surface area contributed by atoms with Crippen LogP contribution in [0.2, 0.25) is 5.15 Å². The van der Waals surface area contributed by atoms with Crippen LogP contribution in [0, 0.1) is 6.92 Å². The fourth-order valence-electron chi connectivity index (χ4n) is 2.03. The molecule has 0 atom stereocenters. The molecule has 0 N–H and O–H groups in total. The number of hydrogen-bond donors (Lipinski definition) is 0. The van der Waals surface area contributed by atoms with E-state index in [-0.39, 0.29) is 0 Å². The highest BCUT2D eigenvalue weighted by atomic mass is 35.5. The Morgan fingerprint density at radius 2 is 1.80 bits per heavy atom. The molecule has 102 valence electrons. The van der Waals surface area contributed by atoms with Crippen molar-refractivity contribution in [1.82, 2.24) is 9.97 Å². The lowest BCUT2D eigenvalue weighted by Gasteiger charge is -2.10. The van der Waals surface area contributed by atoms with Crippen LogP contribution in [0.5, 0.6) is 0 Å². The van der Waals surface area contributed by atoms with Crippen LogP contribution < -0.4 is 4.90 Å². The molecule has 5 heteroatoms. The van der Waals surface area contributed by atoms with E-state index < -0.39 is 0 Å². The maximum absolute atomic E-state index is 6.36. The van der Waals surface area contributed by atoms with E-state index in [0.717, 1.165) is 21.3 Å². The van der Waals surface area contributed by atoms with Gasteiger partial charge in [-0.15, -0.1) is 11.3 Å². The standard InChI is InChI=1S/C15H14ClN3S/c1-9-4-6-10(7-5-9)11-8-20-14-12(11)13(16)17-15(18-14)19(2)3/h4-8H,1-3H3. The van der Waals surface area contributed by atoms with E-state index in [0.29, 0.717) is 11.1 Å². The van der Waals surface area contributed by atoms with Crippen molar-refractivity contribution in [2.75, 3.05) is 19.0 Å². The molecular weight excluding hydrogens is 290 g/mol. The second-order valence-corrected chi connectivity index (χ2v) is 6.12. The van der Waals surface area contributed by atoms with Crippen molar-refractivity contribution in [3.8, 4) is 11.1 Å². The lowest BCUT2D eigenvalue weighted by atomic mass is 10.1. The van der Waals surface area contributed by atoms with Crippen LogP contribution in [-0.4, -0.2) is 24.1 Å². The molecule has 20 heavy (non-hydrogen) atoms. The van der Waals surface area contributed by atoms with Gasteiger partial charge in [0.2, 0.25) is 5.95 Å². The number of aryl methyl sites for hydroxylation is 1. The number of rotatable bonds is 2. The summed E-state index contributed by atoms with van der Waals surface area (Å²) < 4.78 is 0. The average Bonchev–Trinajstić information content (AvgIpc) is 2.84. The third-order valence-electron chi connectivity index (χ3n) is 3.14. The van der Waals surface area contributed by atoms with Gasteiger partial charge in [0, 0.05) is 25.0 Å². The van der Waals surface area contributed by atoms with Crippen molar-refractivity contribution in [1.29, 1.82) is 0 Å². The molecule has 1 aromatic carbocycles. The summed E-state index contributed by atoms with van der Waals surface area (Å²) >= 11 is 7.96. The molecule has 0 radical (unpaired) electrons. The number of thiophene rings is 1. The molecule has 0 fully saturated rings. The Morgan fingerprint density at radius 3 is 2.45 bits per heavy atom. The summed E-state index contributed by atoms with van der Waals surface area (Å²) in [5.74, 6) is 0.639. The van der Waals surface area contributed by atoms with Gasteiger partial charge in [-0.2, -0.15) is 0 Å². The summed E-state index contributed by atoms with van der Waals surface area (Å²) in [4.78, 5) is 11.7. The van der Waals surface area contributed by atoms with Crippen molar-refractivity contribution >= 4 is 39.1 Å². The summed E-state index contributed by atoms with van der Waals surface area (Å²) in [7, 11) is 3.82. The molecular formula is C15H14ClN3S. The molecule has 0 unspecified atom stereocenters. The summed E-state index contributed by atoms with van der Waals surface area (Å²) in [5.41, 5.74) is 3.48. The molecule has 0 aliphatic carbocycles. The van der Waals surface area contributed by atoms with Gasteiger partial charge in [-0.25, -0.2) is 9.97 Å². The quantitative estimate of drug-likeness (QED) is 0.658. The molecule has 0 saturated carbocycles. The monoisotopic (exact) mass is 303 g/mol. The zero-order valence-corrected chi connectivity index (χ0v) is 13.1. The van der Waals surface area contributed by atoms with Crippen LogP contribution in [0.1, 0.15) is 5.56 Å². The normalized spacial score (nSPS) is 11.0. The van der Waals surface area contributed by atoms with E-state index >= 15 is 0 Å². The maximum atomic E-state index is 6.36. The van der Waals surface area contributed by atoms with Gasteiger partial charge >= 0.3 is 0 Å². The van der Waals surface area contributed by atoms with Crippen LogP contribution in [-0.2, 0) is 0 Å². The molecule has 0 amide bonds. The summed E-state index contributed by atoms with van der Waals surface area (Å²) in [5, 5.41) is 3.54. The summed E-state index contributed by atoms with van der Waals surface area (Å²) in [6.45, 7) is 2.08. The zero-order valence-electron chi connectivity index (χ0n) is 11.5. The SMILES string of the molecule is Cc1ccc(-c2csc3nc(N(C)C)nc(Cl)c23)cc1. The summed E-state index contributed by atoms with van der Waals surface area (Å²) in [6, 6.07) is 8.41. The largest absolute Gasteiger partial charge is 0.347 e. The van der Waals surface area contributed by atoms with E-state index in [4.69, 9.17) is 11.6 Å². The van der Waals surface area contributed by atoms with Gasteiger partial charge < -0.3 is 4.90 Å². The van der Waals surface area contributed by atoms with E-state index in [1.807, 2.05) is 19.0 Å². The summed E-state index contributed by atoms with van der Waals surface area (Å²) in [6.07, 6.45) is 0. The number of halogens is 1. The number of hydrogen-bond acceptors (Lipinski definition) is 4. The number of anilines is 1. The molecule has 0 saturated heterocycles. The van der Waals surface area contributed by atoms with Gasteiger partial charge in [0.05, 0.1) is 5.39 Å². The number of aromatic nitrogens is 2. The highest BCUT2D eigenvalue weighted by Crippen LogP contribution is 2.37. The van der Waals surface area contributed by atoms with Crippen LogP contribution in [0.15, 0.2) is 29.6 Å². The highest BCUT2D eigenvalue weighted by Gasteiger charge is 2.14. The molecule has 0 aliphatic heterocycles. The smallest absolute Gasteiger partial charge is 0.227 e. The molecule has 3 rings (SSSR count). The zero-order chi connectivity index (χ0) is 14.3. The number of nitrogens with zero attached hydrogens (tertiary/aromatic N) is 3. The third-order valence-corrected chi connectivity index (χ3v) is 4.29. The number of fused-ring (bicyclic) bond motifs is 1. The van der Waals surface area contributed by atoms with Gasteiger partial charge in [-0.05, 0) is 12.5 Å². The Hall–Kier alpha value is -1.65. The van der Waals surface area contributed by atoms with E-state index in [9.17, 15) is 0 Å². The highest BCUT2D eigenvalue weighted by molar-refractivity contribution is 7.17. The van der Waals surface area contributed by atoms with Gasteiger partial charge in [-0.3, -0.25) is 0 Å². The molecule has 0 bridgehead atoms. The lowest BCUT2D eigenvalue weighted by molar-refractivity contribution is 1.02. The van der Waals surface area contributed by atoms with Gasteiger partial charge in [0.25, 0.3) is 0 Å². The van der Waals surface area contributed by atoms with Crippen molar-refractivity contribution in [3.63, 3.8) is 0 Å². The van der Waals surface area contributed by atoms with E-state index in [1.54, 1.807) is 11.3 Å². The molecule has 0 spiro atoms.